The first kappa shape index (κ1) is 10.7. The normalized spacial score (nSPS) is 12.8. The summed E-state index contributed by atoms with van der Waals surface area (Å²) in [5.41, 5.74) is 7.25. The van der Waals surface area contributed by atoms with Crippen LogP contribution in [0.1, 0.15) is 37.8 Å². The Morgan fingerprint density at radius 1 is 1.46 bits per heavy atom. The lowest BCUT2D eigenvalue weighted by Crippen LogP contribution is -2.09. The van der Waals surface area contributed by atoms with Crippen molar-refractivity contribution >= 4 is 15.9 Å². The summed E-state index contributed by atoms with van der Waals surface area (Å²) in [7, 11) is 0. The number of hydrogen-bond acceptors (Lipinski definition) is 1. The Kier molecular flexibility index (Phi) is 4.46. The van der Waals surface area contributed by atoms with Crippen LogP contribution < -0.4 is 5.73 Å². The smallest absolute Gasteiger partial charge is 0.0295 e. The molecule has 2 heteroatoms. The maximum Gasteiger partial charge on any atom is 0.0295 e. The number of halogens is 1. The van der Waals surface area contributed by atoms with Gasteiger partial charge in [0.25, 0.3) is 0 Å². The molecule has 0 amide bonds. The second-order valence-electron chi connectivity index (χ2n) is 3.30. The maximum absolute atomic E-state index is 6.03. The fourth-order valence-corrected chi connectivity index (χ4v) is 1.74. The molecule has 1 nitrogen and oxygen atoms in total. The van der Waals surface area contributed by atoms with Gasteiger partial charge in [-0.1, -0.05) is 47.8 Å². The number of rotatable bonds is 4. The first-order valence-corrected chi connectivity index (χ1v) is 5.54. The van der Waals surface area contributed by atoms with Crippen LogP contribution in [0, 0.1) is 0 Å². The Morgan fingerprint density at radius 2 is 2.23 bits per heavy atom. The number of unbranched alkanes of at least 4 members (excludes halogenated alkanes) is 1. The average molecular weight is 242 g/mol. The van der Waals surface area contributed by atoms with Gasteiger partial charge in [0.05, 0.1) is 0 Å². The third-order valence-electron chi connectivity index (χ3n) is 2.15. The van der Waals surface area contributed by atoms with Crippen LogP contribution in [0.5, 0.6) is 0 Å². The number of benzene rings is 1. The molecule has 0 saturated carbocycles. The predicted molar refractivity (Wildman–Crippen MR) is 60.6 cm³/mol. The van der Waals surface area contributed by atoms with E-state index in [0.29, 0.717) is 0 Å². The molecular weight excluding hydrogens is 226 g/mol. The third-order valence-corrected chi connectivity index (χ3v) is 2.64. The largest absolute Gasteiger partial charge is 0.324 e. The van der Waals surface area contributed by atoms with Crippen molar-refractivity contribution in [2.45, 2.75) is 32.2 Å². The number of hydrogen-bond donors (Lipinski definition) is 1. The molecule has 0 radical (unpaired) electrons. The van der Waals surface area contributed by atoms with Crippen molar-refractivity contribution in [1.82, 2.24) is 0 Å². The summed E-state index contributed by atoms with van der Waals surface area (Å²) in [6.45, 7) is 2.19. The van der Waals surface area contributed by atoms with Crippen LogP contribution in [-0.4, -0.2) is 0 Å². The van der Waals surface area contributed by atoms with Crippen LogP contribution in [-0.2, 0) is 0 Å². The quantitative estimate of drug-likeness (QED) is 0.856. The number of nitrogens with two attached hydrogens (primary N) is 1. The van der Waals surface area contributed by atoms with Crippen LogP contribution in [0.2, 0.25) is 0 Å². The molecule has 0 fully saturated rings. The Bertz CT molecular complexity index is 260. The molecule has 13 heavy (non-hydrogen) atoms. The van der Waals surface area contributed by atoms with E-state index in [2.05, 4.69) is 35.0 Å². The second-order valence-corrected chi connectivity index (χ2v) is 4.22. The highest BCUT2D eigenvalue weighted by molar-refractivity contribution is 9.10. The SMILES string of the molecule is CCCC[C@@H](N)c1cccc(Br)c1. The van der Waals surface area contributed by atoms with E-state index in [-0.39, 0.29) is 6.04 Å². The predicted octanol–water partition coefficient (Wildman–Crippen LogP) is 3.64. The van der Waals surface area contributed by atoms with Crippen molar-refractivity contribution in [2.75, 3.05) is 0 Å². The Hall–Kier alpha value is -0.340. The summed E-state index contributed by atoms with van der Waals surface area (Å²) in [5.74, 6) is 0. The van der Waals surface area contributed by atoms with E-state index >= 15 is 0 Å². The molecule has 0 unspecified atom stereocenters. The zero-order chi connectivity index (χ0) is 9.68. The van der Waals surface area contributed by atoms with Crippen LogP contribution in [0.15, 0.2) is 28.7 Å². The molecule has 0 aromatic heterocycles. The molecule has 0 heterocycles. The molecular formula is C11H16BrN. The van der Waals surface area contributed by atoms with Crippen molar-refractivity contribution in [3.05, 3.63) is 34.3 Å². The molecule has 0 aliphatic heterocycles. The van der Waals surface area contributed by atoms with Crippen LogP contribution in [0.4, 0.5) is 0 Å². The molecule has 0 bridgehead atoms. The third kappa shape index (κ3) is 3.49. The van der Waals surface area contributed by atoms with Gasteiger partial charge in [0, 0.05) is 10.5 Å². The van der Waals surface area contributed by atoms with E-state index < -0.39 is 0 Å². The Labute approximate surface area is 88.5 Å². The van der Waals surface area contributed by atoms with Gasteiger partial charge in [-0.3, -0.25) is 0 Å². The minimum absolute atomic E-state index is 0.192. The summed E-state index contributed by atoms with van der Waals surface area (Å²) in [6, 6.07) is 8.43. The fourth-order valence-electron chi connectivity index (χ4n) is 1.33. The van der Waals surface area contributed by atoms with Crippen LogP contribution in [0.3, 0.4) is 0 Å². The summed E-state index contributed by atoms with van der Waals surface area (Å²) in [5, 5.41) is 0. The molecule has 72 valence electrons. The monoisotopic (exact) mass is 241 g/mol. The lowest BCUT2D eigenvalue weighted by Gasteiger charge is -2.11. The summed E-state index contributed by atoms with van der Waals surface area (Å²) in [4.78, 5) is 0. The maximum atomic E-state index is 6.03. The van der Waals surface area contributed by atoms with E-state index in [0.717, 1.165) is 10.9 Å². The molecule has 1 aromatic rings. The van der Waals surface area contributed by atoms with Gasteiger partial charge in [0.2, 0.25) is 0 Å². The molecule has 0 aliphatic carbocycles. The van der Waals surface area contributed by atoms with Crippen LogP contribution in [0.25, 0.3) is 0 Å². The highest BCUT2D eigenvalue weighted by atomic mass is 79.9. The van der Waals surface area contributed by atoms with Gasteiger partial charge in [-0.05, 0) is 24.1 Å². The highest BCUT2D eigenvalue weighted by Crippen LogP contribution is 2.20. The van der Waals surface area contributed by atoms with Gasteiger partial charge >= 0.3 is 0 Å². The Morgan fingerprint density at radius 3 is 2.85 bits per heavy atom. The molecule has 0 spiro atoms. The fraction of sp³-hybridized carbons (Fsp3) is 0.455. The zero-order valence-corrected chi connectivity index (χ0v) is 9.55. The molecule has 1 atom stereocenters. The van der Waals surface area contributed by atoms with Gasteiger partial charge in [0.1, 0.15) is 0 Å². The van der Waals surface area contributed by atoms with E-state index in [1.54, 1.807) is 0 Å². The minimum Gasteiger partial charge on any atom is -0.324 e. The Balaban J connectivity index is 2.60. The van der Waals surface area contributed by atoms with Crippen molar-refractivity contribution < 1.29 is 0 Å². The summed E-state index contributed by atoms with van der Waals surface area (Å²) < 4.78 is 1.11. The topological polar surface area (TPSA) is 26.0 Å². The van der Waals surface area contributed by atoms with Crippen molar-refractivity contribution in [2.24, 2.45) is 5.73 Å². The van der Waals surface area contributed by atoms with Crippen molar-refractivity contribution in [3.8, 4) is 0 Å². The first-order chi connectivity index (χ1) is 6.24. The van der Waals surface area contributed by atoms with E-state index in [9.17, 15) is 0 Å². The van der Waals surface area contributed by atoms with E-state index in [1.807, 2.05) is 12.1 Å². The van der Waals surface area contributed by atoms with Gasteiger partial charge in [-0.25, -0.2) is 0 Å². The highest BCUT2D eigenvalue weighted by Gasteiger charge is 2.04. The molecule has 0 aliphatic rings. The molecule has 0 saturated heterocycles. The van der Waals surface area contributed by atoms with Gasteiger partial charge in [0.15, 0.2) is 0 Å². The van der Waals surface area contributed by atoms with Gasteiger partial charge in [-0.2, -0.15) is 0 Å². The first-order valence-electron chi connectivity index (χ1n) is 4.75. The van der Waals surface area contributed by atoms with Gasteiger partial charge < -0.3 is 5.73 Å². The van der Waals surface area contributed by atoms with E-state index in [4.69, 9.17) is 5.73 Å². The molecule has 1 rings (SSSR count). The lowest BCUT2D eigenvalue weighted by molar-refractivity contribution is 0.603. The average Bonchev–Trinajstić information content (AvgIpc) is 2.14. The van der Waals surface area contributed by atoms with E-state index in [1.165, 1.54) is 18.4 Å². The zero-order valence-electron chi connectivity index (χ0n) is 7.96. The van der Waals surface area contributed by atoms with Crippen molar-refractivity contribution in [3.63, 3.8) is 0 Å². The van der Waals surface area contributed by atoms with Crippen LogP contribution >= 0.6 is 15.9 Å². The summed E-state index contributed by atoms with van der Waals surface area (Å²) in [6.07, 6.45) is 3.49. The molecule has 1 aromatic carbocycles. The lowest BCUT2D eigenvalue weighted by atomic mass is 10.0. The molecule has 2 N–H and O–H groups in total. The standard InChI is InChI=1S/C11H16BrN/c1-2-3-7-11(13)9-5-4-6-10(12)8-9/h4-6,8,11H,2-3,7,13H2,1H3/t11-/m1/s1. The van der Waals surface area contributed by atoms with Gasteiger partial charge in [-0.15, -0.1) is 0 Å². The van der Waals surface area contributed by atoms with Crippen molar-refractivity contribution in [1.29, 1.82) is 0 Å². The second kappa shape index (κ2) is 5.40. The summed E-state index contributed by atoms with van der Waals surface area (Å²) >= 11 is 3.44. The minimum atomic E-state index is 0.192.